The molecule has 4 heteroatoms. The zero-order chi connectivity index (χ0) is 29.9. The van der Waals surface area contributed by atoms with Crippen molar-refractivity contribution in [3.8, 4) is 11.5 Å². The third-order valence-electron chi connectivity index (χ3n) is 8.01. The molecule has 0 radical (unpaired) electrons. The number of ether oxygens (including phenoxy) is 2. The smallest absolute Gasteiger partial charge is 0.119 e. The first-order valence-electron chi connectivity index (χ1n) is 14.7. The summed E-state index contributed by atoms with van der Waals surface area (Å²) in [6.07, 6.45) is 0. The summed E-state index contributed by atoms with van der Waals surface area (Å²) in [4.78, 5) is 4.55. The van der Waals surface area contributed by atoms with Gasteiger partial charge in [-0.1, -0.05) is 60.7 Å². The molecule has 44 heavy (non-hydrogen) atoms. The van der Waals surface area contributed by atoms with Crippen LogP contribution >= 0.6 is 0 Å². The molecule has 0 N–H and O–H groups in total. The van der Waals surface area contributed by atoms with Crippen molar-refractivity contribution in [1.82, 2.24) is 0 Å². The largest absolute Gasteiger partial charge is 0.497 e. The molecular formula is C40H32N2O2. The van der Waals surface area contributed by atoms with E-state index in [4.69, 9.17) is 9.47 Å². The summed E-state index contributed by atoms with van der Waals surface area (Å²) in [6, 6.07) is 55.2. The maximum absolute atomic E-state index is 5.41. The minimum absolute atomic E-state index is 0.837. The maximum atomic E-state index is 5.41. The van der Waals surface area contributed by atoms with Gasteiger partial charge in [0.1, 0.15) is 11.5 Å². The monoisotopic (exact) mass is 572 g/mol. The molecule has 7 rings (SSSR count). The van der Waals surface area contributed by atoms with Gasteiger partial charge in [-0.15, -0.1) is 0 Å². The van der Waals surface area contributed by atoms with E-state index in [9.17, 15) is 0 Å². The van der Waals surface area contributed by atoms with Gasteiger partial charge in [-0.25, -0.2) is 0 Å². The fraction of sp³-hybridized carbons (Fsp3) is 0.0500. The lowest BCUT2D eigenvalue weighted by Gasteiger charge is -2.26. The van der Waals surface area contributed by atoms with Crippen LogP contribution in [0.15, 0.2) is 158 Å². The van der Waals surface area contributed by atoms with Gasteiger partial charge in [0.25, 0.3) is 0 Å². The van der Waals surface area contributed by atoms with E-state index in [1.807, 2.05) is 36.4 Å². The Morgan fingerprint density at radius 3 is 1.05 bits per heavy atom. The number of para-hydroxylation sites is 2. The normalized spacial score (nSPS) is 11.0. The third kappa shape index (κ3) is 5.18. The molecule has 0 aliphatic heterocycles. The fourth-order valence-corrected chi connectivity index (χ4v) is 5.84. The summed E-state index contributed by atoms with van der Waals surface area (Å²) in [5.41, 5.74) is 6.53. The summed E-state index contributed by atoms with van der Waals surface area (Å²) < 4.78 is 10.8. The summed E-state index contributed by atoms with van der Waals surface area (Å²) >= 11 is 0. The summed E-state index contributed by atoms with van der Waals surface area (Å²) in [7, 11) is 3.39. The average Bonchev–Trinajstić information content (AvgIpc) is 3.10. The molecule has 7 aromatic rings. The SMILES string of the molecule is COc1ccc(N(c2ccccc2)c2ccc3c(ccc4cc(N(c5ccccc5)c5ccc(OC)cc5)ccc43)c2)cc1. The number of anilines is 6. The lowest BCUT2D eigenvalue weighted by atomic mass is 10.00. The van der Waals surface area contributed by atoms with Gasteiger partial charge < -0.3 is 19.3 Å². The molecule has 0 spiro atoms. The van der Waals surface area contributed by atoms with Gasteiger partial charge in [-0.2, -0.15) is 0 Å². The Bertz CT molecular complexity index is 1870. The highest BCUT2D eigenvalue weighted by Gasteiger charge is 2.16. The summed E-state index contributed by atoms with van der Waals surface area (Å²) in [6.45, 7) is 0. The topological polar surface area (TPSA) is 24.9 Å². The van der Waals surface area contributed by atoms with Gasteiger partial charge in [0.2, 0.25) is 0 Å². The number of rotatable bonds is 8. The van der Waals surface area contributed by atoms with Crippen LogP contribution in [0.3, 0.4) is 0 Å². The highest BCUT2D eigenvalue weighted by molar-refractivity contribution is 6.09. The Labute approximate surface area is 257 Å². The molecule has 0 saturated carbocycles. The predicted octanol–water partition coefficient (Wildman–Crippen LogP) is 10.9. The first kappa shape index (κ1) is 27.1. The van der Waals surface area contributed by atoms with E-state index in [0.29, 0.717) is 0 Å². The summed E-state index contributed by atoms with van der Waals surface area (Å²) in [5.74, 6) is 1.67. The summed E-state index contributed by atoms with van der Waals surface area (Å²) in [5, 5.41) is 4.81. The van der Waals surface area contributed by atoms with E-state index in [2.05, 4.69) is 131 Å². The molecule has 214 valence electrons. The molecule has 0 fully saturated rings. The fourth-order valence-electron chi connectivity index (χ4n) is 5.84. The zero-order valence-corrected chi connectivity index (χ0v) is 24.7. The molecular weight excluding hydrogens is 540 g/mol. The predicted molar refractivity (Wildman–Crippen MR) is 184 cm³/mol. The molecule has 0 atom stereocenters. The highest BCUT2D eigenvalue weighted by Crippen LogP contribution is 2.40. The number of hydrogen-bond acceptors (Lipinski definition) is 4. The van der Waals surface area contributed by atoms with Gasteiger partial charge in [0, 0.05) is 34.1 Å². The Kier molecular flexibility index (Phi) is 7.31. The molecule has 4 nitrogen and oxygen atoms in total. The molecule has 0 aliphatic carbocycles. The first-order chi connectivity index (χ1) is 21.7. The lowest BCUT2D eigenvalue weighted by molar-refractivity contribution is 0.414. The molecule has 0 amide bonds. The van der Waals surface area contributed by atoms with Crippen molar-refractivity contribution in [1.29, 1.82) is 0 Å². The van der Waals surface area contributed by atoms with Gasteiger partial charge in [-0.05, 0) is 119 Å². The van der Waals surface area contributed by atoms with Crippen LogP contribution in [-0.2, 0) is 0 Å². The van der Waals surface area contributed by atoms with Crippen molar-refractivity contribution >= 4 is 55.7 Å². The van der Waals surface area contributed by atoms with E-state index >= 15 is 0 Å². The number of benzene rings is 7. The molecule has 0 aromatic heterocycles. The minimum Gasteiger partial charge on any atom is -0.497 e. The van der Waals surface area contributed by atoms with E-state index in [1.54, 1.807) is 14.2 Å². The second-order valence-electron chi connectivity index (χ2n) is 10.6. The van der Waals surface area contributed by atoms with E-state index < -0.39 is 0 Å². The van der Waals surface area contributed by atoms with Crippen LogP contribution in [0, 0.1) is 0 Å². The van der Waals surface area contributed by atoms with Crippen LogP contribution in [0.1, 0.15) is 0 Å². The molecule has 0 aliphatic rings. The van der Waals surface area contributed by atoms with E-state index in [-0.39, 0.29) is 0 Å². The van der Waals surface area contributed by atoms with Crippen LogP contribution in [0.25, 0.3) is 21.5 Å². The van der Waals surface area contributed by atoms with Gasteiger partial charge in [0.05, 0.1) is 14.2 Å². The van der Waals surface area contributed by atoms with Crippen LogP contribution in [-0.4, -0.2) is 14.2 Å². The number of fused-ring (bicyclic) bond motifs is 3. The third-order valence-corrected chi connectivity index (χ3v) is 8.01. The van der Waals surface area contributed by atoms with Crippen LogP contribution in [0.4, 0.5) is 34.1 Å². The van der Waals surface area contributed by atoms with Crippen molar-refractivity contribution in [3.63, 3.8) is 0 Å². The van der Waals surface area contributed by atoms with Crippen molar-refractivity contribution < 1.29 is 9.47 Å². The van der Waals surface area contributed by atoms with Crippen molar-refractivity contribution in [2.75, 3.05) is 24.0 Å². The lowest BCUT2D eigenvalue weighted by Crippen LogP contribution is -2.10. The van der Waals surface area contributed by atoms with Crippen molar-refractivity contribution in [2.24, 2.45) is 0 Å². The Hall–Kier alpha value is -5.74. The number of hydrogen-bond donors (Lipinski definition) is 0. The second kappa shape index (κ2) is 11.9. The van der Waals surface area contributed by atoms with Gasteiger partial charge >= 0.3 is 0 Å². The minimum atomic E-state index is 0.837. The van der Waals surface area contributed by atoms with Crippen molar-refractivity contribution in [3.05, 3.63) is 158 Å². The molecule has 7 aromatic carbocycles. The van der Waals surface area contributed by atoms with Crippen LogP contribution in [0.2, 0.25) is 0 Å². The van der Waals surface area contributed by atoms with Crippen LogP contribution < -0.4 is 19.3 Å². The molecule has 0 heterocycles. The average molecular weight is 573 g/mol. The molecule has 0 saturated heterocycles. The highest BCUT2D eigenvalue weighted by atomic mass is 16.5. The quantitative estimate of drug-likeness (QED) is 0.169. The van der Waals surface area contributed by atoms with Gasteiger partial charge in [0.15, 0.2) is 0 Å². The Morgan fingerprint density at radius 2 is 0.682 bits per heavy atom. The first-order valence-corrected chi connectivity index (χ1v) is 14.7. The molecule has 0 unspecified atom stereocenters. The zero-order valence-electron chi connectivity index (χ0n) is 24.7. The second-order valence-corrected chi connectivity index (χ2v) is 10.6. The molecule has 0 bridgehead atoms. The Balaban J connectivity index is 1.31. The van der Waals surface area contributed by atoms with Gasteiger partial charge in [-0.3, -0.25) is 0 Å². The number of nitrogens with zero attached hydrogens (tertiary/aromatic N) is 2. The standard InChI is InChI=1S/C40H32N2O2/c1-43-37-21-15-33(16-22-37)41(31-9-5-3-6-10-31)35-19-25-39-29(27-35)13-14-30-28-36(20-26-40(30)39)42(32-11-7-4-8-12-32)34-17-23-38(44-2)24-18-34/h3-28H,1-2H3. The Morgan fingerprint density at radius 1 is 0.341 bits per heavy atom. The van der Waals surface area contributed by atoms with E-state index in [0.717, 1.165) is 45.6 Å². The van der Waals surface area contributed by atoms with E-state index in [1.165, 1.54) is 21.5 Å². The maximum Gasteiger partial charge on any atom is 0.119 e. The number of methoxy groups -OCH3 is 2. The van der Waals surface area contributed by atoms with Crippen LogP contribution in [0.5, 0.6) is 11.5 Å². The van der Waals surface area contributed by atoms with Crippen molar-refractivity contribution in [2.45, 2.75) is 0 Å².